The van der Waals surface area contributed by atoms with Gasteiger partial charge in [0.2, 0.25) is 0 Å². The Kier molecular flexibility index (Phi) is 3.95. The Labute approximate surface area is 123 Å². The molecule has 4 nitrogen and oxygen atoms in total. The molecule has 0 heterocycles. The highest BCUT2D eigenvalue weighted by molar-refractivity contribution is 5.91. The number of carboxylic acid groups (broad SMARTS) is 1. The summed E-state index contributed by atoms with van der Waals surface area (Å²) in [7, 11) is 0. The van der Waals surface area contributed by atoms with Crippen molar-refractivity contribution >= 4 is 5.97 Å². The van der Waals surface area contributed by atoms with Gasteiger partial charge in [0, 0.05) is 0 Å². The number of aromatic carboxylic acids is 1. The SMILES string of the molecule is Cc1ccc(C(=O)O)c(Oc2c(C)cc(C#N)cc2C)c1. The number of carbonyl (C=O) groups is 1. The zero-order valence-electron chi connectivity index (χ0n) is 12.1. The third-order valence-electron chi connectivity index (χ3n) is 3.17. The molecule has 0 aromatic heterocycles. The maximum absolute atomic E-state index is 11.3. The van der Waals surface area contributed by atoms with Gasteiger partial charge in [-0.25, -0.2) is 4.79 Å². The van der Waals surface area contributed by atoms with Crippen LogP contribution in [0.4, 0.5) is 0 Å². The summed E-state index contributed by atoms with van der Waals surface area (Å²) in [5, 5.41) is 18.2. The van der Waals surface area contributed by atoms with E-state index in [1.807, 2.05) is 20.8 Å². The van der Waals surface area contributed by atoms with Gasteiger partial charge in [0.05, 0.1) is 11.6 Å². The fourth-order valence-electron chi connectivity index (χ4n) is 2.18. The molecule has 0 unspecified atom stereocenters. The van der Waals surface area contributed by atoms with Gasteiger partial charge in [-0.15, -0.1) is 0 Å². The Bertz CT molecular complexity index is 734. The molecule has 106 valence electrons. The molecule has 0 aliphatic rings. The number of rotatable bonds is 3. The number of nitriles is 1. The molecule has 0 bridgehead atoms. The molecule has 2 aromatic rings. The second-order valence-electron chi connectivity index (χ2n) is 4.96. The Morgan fingerprint density at radius 1 is 1.14 bits per heavy atom. The Morgan fingerprint density at radius 3 is 2.29 bits per heavy atom. The van der Waals surface area contributed by atoms with E-state index in [0.29, 0.717) is 17.1 Å². The second kappa shape index (κ2) is 5.68. The monoisotopic (exact) mass is 281 g/mol. The van der Waals surface area contributed by atoms with Gasteiger partial charge in [-0.1, -0.05) is 6.07 Å². The van der Waals surface area contributed by atoms with Crippen LogP contribution in [-0.4, -0.2) is 11.1 Å². The highest BCUT2D eigenvalue weighted by Gasteiger charge is 2.15. The maximum atomic E-state index is 11.3. The van der Waals surface area contributed by atoms with Crippen molar-refractivity contribution in [1.82, 2.24) is 0 Å². The molecule has 0 spiro atoms. The first-order valence-electron chi connectivity index (χ1n) is 6.45. The Balaban J connectivity index is 2.51. The van der Waals surface area contributed by atoms with Gasteiger partial charge in [-0.05, 0) is 61.7 Å². The normalized spacial score (nSPS) is 10.0. The van der Waals surface area contributed by atoms with Crippen molar-refractivity contribution < 1.29 is 14.6 Å². The predicted octanol–water partition coefficient (Wildman–Crippen LogP) is 3.97. The maximum Gasteiger partial charge on any atom is 0.339 e. The van der Waals surface area contributed by atoms with Gasteiger partial charge in [-0.2, -0.15) is 5.26 Å². The van der Waals surface area contributed by atoms with Crippen LogP contribution in [0.15, 0.2) is 30.3 Å². The molecule has 0 fully saturated rings. The lowest BCUT2D eigenvalue weighted by Gasteiger charge is -2.14. The van der Waals surface area contributed by atoms with Gasteiger partial charge < -0.3 is 9.84 Å². The van der Waals surface area contributed by atoms with E-state index >= 15 is 0 Å². The molecule has 1 N–H and O–H groups in total. The van der Waals surface area contributed by atoms with E-state index in [0.717, 1.165) is 16.7 Å². The second-order valence-corrected chi connectivity index (χ2v) is 4.96. The largest absolute Gasteiger partial charge is 0.478 e. The number of hydrogen-bond donors (Lipinski definition) is 1. The molecule has 0 saturated carbocycles. The Morgan fingerprint density at radius 2 is 1.76 bits per heavy atom. The van der Waals surface area contributed by atoms with Crippen molar-refractivity contribution in [3.05, 3.63) is 58.1 Å². The fraction of sp³-hybridized carbons (Fsp3) is 0.176. The zero-order valence-corrected chi connectivity index (χ0v) is 12.1. The molecular formula is C17H15NO3. The lowest BCUT2D eigenvalue weighted by Crippen LogP contribution is -2.02. The minimum absolute atomic E-state index is 0.115. The number of hydrogen-bond acceptors (Lipinski definition) is 3. The predicted molar refractivity (Wildman–Crippen MR) is 78.8 cm³/mol. The van der Waals surface area contributed by atoms with E-state index in [2.05, 4.69) is 6.07 Å². The van der Waals surface area contributed by atoms with E-state index in [4.69, 9.17) is 10.00 Å². The van der Waals surface area contributed by atoms with Gasteiger partial charge in [0.1, 0.15) is 17.1 Å². The molecule has 2 aromatic carbocycles. The lowest BCUT2D eigenvalue weighted by atomic mass is 10.1. The highest BCUT2D eigenvalue weighted by Crippen LogP contribution is 2.32. The third kappa shape index (κ3) is 3.03. The van der Waals surface area contributed by atoms with Crippen LogP contribution in [0.25, 0.3) is 0 Å². The first-order chi connectivity index (χ1) is 9.92. The average molecular weight is 281 g/mol. The zero-order chi connectivity index (χ0) is 15.6. The van der Waals surface area contributed by atoms with Crippen molar-refractivity contribution in [1.29, 1.82) is 5.26 Å². The number of carboxylic acids is 1. The van der Waals surface area contributed by atoms with Gasteiger partial charge in [0.25, 0.3) is 0 Å². The van der Waals surface area contributed by atoms with Crippen LogP contribution in [0.1, 0.15) is 32.6 Å². The van der Waals surface area contributed by atoms with Gasteiger partial charge in [-0.3, -0.25) is 0 Å². The molecule has 0 radical (unpaired) electrons. The summed E-state index contributed by atoms with van der Waals surface area (Å²) in [4.78, 5) is 11.3. The van der Waals surface area contributed by atoms with Crippen LogP contribution >= 0.6 is 0 Å². The van der Waals surface area contributed by atoms with Crippen molar-refractivity contribution in [3.63, 3.8) is 0 Å². The quantitative estimate of drug-likeness (QED) is 0.924. The van der Waals surface area contributed by atoms with Crippen molar-refractivity contribution in [2.24, 2.45) is 0 Å². The summed E-state index contributed by atoms with van der Waals surface area (Å²) in [5.74, 6) is -0.144. The van der Waals surface area contributed by atoms with Crippen molar-refractivity contribution in [2.75, 3.05) is 0 Å². The molecule has 0 aliphatic carbocycles. The van der Waals surface area contributed by atoms with E-state index < -0.39 is 5.97 Å². The summed E-state index contributed by atoms with van der Waals surface area (Å²) in [6.07, 6.45) is 0. The van der Waals surface area contributed by atoms with E-state index in [-0.39, 0.29) is 5.56 Å². The standard InChI is InChI=1S/C17H15NO3/c1-10-4-5-14(17(19)20)15(6-10)21-16-11(2)7-13(9-18)8-12(16)3/h4-8H,1-3H3,(H,19,20). The summed E-state index contributed by atoms with van der Waals surface area (Å²) in [6.45, 7) is 5.54. The van der Waals surface area contributed by atoms with Crippen LogP contribution in [0.2, 0.25) is 0 Å². The summed E-state index contributed by atoms with van der Waals surface area (Å²) >= 11 is 0. The minimum Gasteiger partial charge on any atom is -0.478 e. The lowest BCUT2D eigenvalue weighted by molar-refractivity contribution is 0.0694. The van der Waals surface area contributed by atoms with Crippen LogP contribution in [-0.2, 0) is 0 Å². The van der Waals surface area contributed by atoms with Gasteiger partial charge >= 0.3 is 5.97 Å². The molecular weight excluding hydrogens is 266 g/mol. The van der Waals surface area contributed by atoms with E-state index in [1.54, 1.807) is 24.3 Å². The smallest absolute Gasteiger partial charge is 0.339 e. The van der Waals surface area contributed by atoms with E-state index in [1.165, 1.54) is 6.07 Å². The molecule has 0 aliphatic heterocycles. The Hall–Kier alpha value is -2.80. The highest BCUT2D eigenvalue weighted by atomic mass is 16.5. The molecule has 4 heteroatoms. The molecule has 0 saturated heterocycles. The van der Waals surface area contributed by atoms with Crippen molar-refractivity contribution in [3.8, 4) is 17.6 Å². The number of benzene rings is 2. The van der Waals surface area contributed by atoms with E-state index in [9.17, 15) is 9.90 Å². The topological polar surface area (TPSA) is 70.3 Å². The summed E-state index contributed by atoms with van der Waals surface area (Å²) < 4.78 is 5.82. The number of aryl methyl sites for hydroxylation is 3. The molecule has 0 atom stereocenters. The number of nitrogens with zero attached hydrogens (tertiary/aromatic N) is 1. The van der Waals surface area contributed by atoms with Crippen LogP contribution in [0, 0.1) is 32.1 Å². The average Bonchev–Trinajstić information content (AvgIpc) is 2.42. The summed E-state index contributed by atoms with van der Waals surface area (Å²) in [6, 6.07) is 10.5. The summed E-state index contributed by atoms with van der Waals surface area (Å²) in [5.41, 5.74) is 3.18. The first kappa shape index (κ1) is 14.6. The number of ether oxygens (including phenoxy) is 1. The fourth-order valence-corrected chi connectivity index (χ4v) is 2.18. The van der Waals surface area contributed by atoms with Crippen molar-refractivity contribution in [2.45, 2.75) is 20.8 Å². The van der Waals surface area contributed by atoms with Crippen LogP contribution in [0.3, 0.4) is 0 Å². The third-order valence-corrected chi connectivity index (χ3v) is 3.17. The first-order valence-corrected chi connectivity index (χ1v) is 6.45. The van der Waals surface area contributed by atoms with Crippen LogP contribution in [0.5, 0.6) is 11.5 Å². The molecule has 21 heavy (non-hydrogen) atoms. The van der Waals surface area contributed by atoms with Crippen LogP contribution < -0.4 is 4.74 Å². The minimum atomic E-state index is -1.03. The molecule has 0 amide bonds. The van der Waals surface area contributed by atoms with Gasteiger partial charge in [0.15, 0.2) is 0 Å². The molecule has 2 rings (SSSR count).